The summed E-state index contributed by atoms with van der Waals surface area (Å²) in [5.74, 6) is 0.162. The van der Waals surface area contributed by atoms with Gasteiger partial charge in [0, 0.05) is 17.0 Å². The Bertz CT molecular complexity index is 490. The van der Waals surface area contributed by atoms with Gasteiger partial charge in [-0.15, -0.1) is 0 Å². The van der Waals surface area contributed by atoms with Crippen molar-refractivity contribution >= 4 is 17.5 Å². The molecule has 2 aliphatic rings. The van der Waals surface area contributed by atoms with Crippen LogP contribution in [0.25, 0.3) is 0 Å². The van der Waals surface area contributed by atoms with Crippen LogP contribution in [0.5, 0.6) is 0 Å². The first kappa shape index (κ1) is 14.9. The van der Waals surface area contributed by atoms with Crippen molar-refractivity contribution in [3.05, 3.63) is 34.9 Å². The fourth-order valence-corrected chi connectivity index (χ4v) is 3.56. The fraction of sp³-hybridized carbons (Fsp3) is 0.588. The quantitative estimate of drug-likeness (QED) is 0.898. The summed E-state index contributed by atoms with van der Waals surface area (Å²) in [6, 6.07) is 8.10. The Morgan fingerprint density at radius 1 is 1.24 bits per heavy atom. The van der Waals surface area contributed by atoms with Gasteiger partial charge < -0.3 is 10.6 Å². The molecule has 1 unspecified atom stereocenters. The maximum atomic E-state index is 12.3. The summed E-state index contributed by atoms with van der Waals surface area (Å²) in [5, 5.41) is 7.25. The number of carbonyl (C=O) groups is 1. The van der Waals surface area contributed by atoms with E-state index >= 15 is 0 Å². The van der Waals surface area contributed by atoms with Crippen LogP contribution in [-0.4, -0.2) is 25.0 Å². The number of hydrogen-bond acceptors (Lipinski definition) is 2. The molecule has 4 heteroatoms. The predicted molar refractivity (Wildman–Crippen MR) is 85.6 cm³/mol. The van der Waals surface area contributed by atoms with E-state index < -0.39 is 0 Å². The third-order valence-electron chi connectivity index (χ3n) is 5.00. The highest BCUT2D eigenvalue weighted by molar-refractivity contribution is 6.30. The first-order chi connectivity index (χ1) is 10.2. The number of nitrogens with one attached hydrogen (secondary N) is 2. The van der Waals surface area contributed by atoms with Crippen molar-refractivity contribution in [1.29, 1.82) is 0 Å². The lowest BCUT2D eigenvalue weighted by Gasteiger charge is -2.43. The van der Waals surface area contributed by atoms with Crippen LogP contribution in [-0.2, 0) is 10.2 Å². The highest BCUT2D eigenvalue weighted by atomic mass is 35.5. The molecule has 1 aromatic carbocycles. The fourth-order valence-electron chi connectivity index (χ4n) is 3.43. The maximum absolute atomic E-state index is 12.3. The van der Waals surface area contributed by atoms with E-state index in [-0.39, 0.29) is 17.4 Å². The van der Waals surface area contributed by atoms with Gasteiger partial charge >= 0.3 is 0 Å². The summed E-state index contributed by atoms with van der Waals surface area (Å²) in [6.07, 6.45) is 6.81. The Kier molecular flexibility index (Phi) is 4.51. The zero-order valence-corrected chi connectivity index (χ0v) is 13.1. The van der Waals surface area contributed by atoms with Gasteiger partial charge in [0.05, 0.1) is 6.04 Å². The Morgan fingerprint density at radius 3 is 2.57 bits per heavy atom. The minimum atomic E-state index is 0.00101. The maximum Gasteiger partial charge on any atom is 0.237 e. The van der Waals surface area contributed by atoms with E-state index in [0.717, 1.165) is 43.8 Å². The van der Waals surface area contributed by atoms with Crippen LogP contribution in [0.4, 0.5) is 0 Å². The second-order valence-corrected chi connectivity index (χ2v) is 6.80. The van der Waals surface area contributed by atoms with E-state index in [1.807, 2.05) is 12.1 Å². The molecule has 21 heavy (non-hydrogen) atoms. The second kappa shape index (κ2) is 6.37. The van der Waals surface area contributed by atoms with Crippen LogP contribution >= 0.6 is 11.6 Å². The standard InChI is InChI=1S/C17H23ClN2O/c18-14-7-5-13(6-8-14)17(9-3-10-17)12-20-16(21)15-4-1-2-11-19-15/h5-8,15,19H,1-4,9-12H2,(H,20,21). The molecule has 2 N–H and O–H groups in total. The molecule has 1 aromatic rings. The van der Waals surface area contributed by atoms with Crippen molar-refractivity contribution in [2.45, 2.75) is 50.0 Å². The van der Waals surface area contributed by atoms with Crippen molar-refractivity contribution in [3.63, 3.8) is 0 Å². The molecule has 1 saturated heterocycles. The van der Waals surface area contributed by atoms with Crippen molar-refractivity contribution < 1.29 is 4.79 Å². The van der Waals surface area contributed by atoms with E-state index in [2.05, 4.69) is 22.8 Å². The van der Waals surface area contributed by atoms with E-state index in [9.17, 15) is 4.79 Å². The lowest BCUT2D eigenvalue weighted by molar-refractivity contribution is -0.124. The summed E-state index contributed by atoms with van der Waals surface area (Å²) >= 11 is 5.97. The minimum absolute atomic E-state index is 0.00101. The van der Waals surface area contributed by atoms with E-state index in [1.165, 1.54) is 18.4 Å². The minimum Gasteiger partial charge on any atom is -0.354 e. The van der Waals surface area contributed by atoms with Crippen LogP contribution in [0.15, 0.2) is 24.3 Å². The number of benzene rings is 1. The molecular formula is C17H23ClN2O. The van der Waals surface area contributed by atoms with E-state index in [4.69, 9.17) is 11.6 Å². The van der Waals surface area contributed by atoms with Crippen molar-refractivity contribution in [1.82, 2.24) is 10.6 Å². The van der Waals surface area contributed by atoms with Crippen molar-refractivity contribution in [2.75, 3.05) is 13.1 Å². The van der Waals surface area contributed by atoms with Crippen LogP contribution in [0.3, 0.4) is 0 Å². The first-order valence-electron chi connectivity index (χ1n) is 7.97. The molecule has 3 nitrogen and oxygen atoms in total. The third kappa shape index (κ3) is 3.24. The highest BCUT2D eigenvalue weighted by Gasteiger charge is 2.39. The average Bonchev–Trinajstić information content (AvgIpc) is 2.48. The van der Waals surface area contributed by atoms with E-state index in [1.54, 1.807) is 0 Å². The van der Waals surface area contributed by atoms with Gasteiger partial charge in [-0.05, 0) is 49.9 Å². The number of piperidine rings is 1. The zero-order valence-electron chi connectivity index (χ0n) is 12.3. The molecular weight excluding hydrogens is 284 g/mol. The number of carbonyl (C=O) groups excluding carboxylic acids is 1. The summed E-state index contributed by atoms with van der Waals surface area (Å²) in [7, 11) is 0. The van der Waals surface area contributed by atoms with Gasteiger partial charge in [-0.1, -0.05) is 36.6 Å². The lowest BCUT2D eigenvalue weighted by Crippen LogP contribution is -2.51. The van der Waals surface area contributed by atoms with E-state index in [0.29, 0.717) is 0 Å². The smallest absolute Gasteiger partial charge is 0.237 e. The number of amides is 1. The summed E-state index contributed by atoms with van der Waals surface area (Å²) in [6.45, 7) is 1.70. The Labute approximate surface area is 131 Å². The van der Waals surface area contributed by atoms with Gasteiger partial charge in [0.2, 0.25) is 5.91 Å². The SMILES string of the molecule is O=C(NCC1(c2ccc(Cl)cc2)CCC1)C1CCCCN1. The predicted octanol–water partition coefficient (Wildman–Crippen LogP) is 3.02. The molecule has 1 aliphatic carbocycles. The molecule has 114 valence electrons. The topological polar surface area (TPSA) is 41.1 Å². The highest BCUT2D eigenvalue weighted by Crippen LogP contribution is 2.43. The van der Waals surface area contributed by atoms with Crippen LogP contribution in [0.2, 0.25) is 5.02 Å². The van der Waals surface area contributed by atoms with Gasteiger partial charge in [-0.3, -0.25) is 4.79 Å². The lowest BCUT2D eigenvalue weighted by atomic mass is 9.64. The molecule has 1 heterocycles. The first-order valence-corrected chi connectivity index (χ1v) is 8.35. The summed E-state index contributed by atoms with van der Waals surface area (Å²) in [4.78, 5) is 12.3. The zero-order chi connectivity index (χ0) is 14.7. The molecule has 0 bridgehead atoms. The van der Waals surface area contributed by atoms with Gasteiger partial charge in [0.1, 0.15) is 0 Å². The Balaban J connectivity index is 1.61. The van der Waals surface area contributed by atoms with Crippen LogP contribution in [0.1, 0.15) is 44.1 Å². The molecule has 1 aliphatic heterocycles. The number of rotatable bonds is 4. The second-order valence-electron chi connectivity index (χ2n) is 6.36. The summed E-state index contributed by atoms with van der Waals surface area (Å²) in [5.41, 5.74) is 1.42. The van der Waals surface area contributed by atoms with Gasteiger partial charge in [-0.2, -0.15) is 0 Å². The Hall–Kier alpha value is -1.06. The monoisotopic (exact) mass is 306 g/mol. The molecule has 3 rings (SSSR count). The molecule has 2 fully saturated rings. The molecule has 0 radical (unpaired) electrons. The van der Waals surface area contributed by atoms with Gasteiger partial charge in [0.25, 0.3) is 0 Å². The molecule has 0 spiro atoms. The largest absolute Gasteiger partial charge is 0.354 e. The molecule has 0 aromatic heterocycles. The van der Waals surface area contributed by atoms with Gasteiger partial charge in [-0.25, -0.2) is 0 Å². The average molecular weight is 307 g/mol. The third-order valence-corrected chi connectivity index (χ3v) is 5.25. The van der Waals surface area contributed by atoms with Crippen LogP contribution in [0, 0.1) is 0 Å². The van der Waals surface area contributed by atoms with Crippen LogP contribution < -0.4 is 10.6 Å². The summed E-state index contributed by atoms with van der Waals surface area (Å²) < 4.78 is 0. The normalized spacial score (nSPS) is 24.1. The molecule has 1 saturated carbocycles. The van der Waals surface area contributed by atoms with Gasteiger partial charge in [0.15, 0.2) is 0 Å². The number of hydrogen-bond donors (Lipinski definition) is 2. The Morgan fingerprint density at radius 2 is 2.00 bits per heavy atom. The molecule has 1 atom stereocenters. The van der Waals surface area contributed by atoms with Crippen molar-refractivity contribution in [3.8, 4) is 0 Å². The van der Waals surface area contributed by atoms with Crippen molar-refractivity contribution in [2.24, 2.45) is 0 Å². The number of halogens is 1. The molecule has 1 amide bonds.